The maximum absolute atomic E-state index is 5.36. The van der Waals surface area contributed by atoms with Crippen LogP contribution in [0.4, 0.5) is 0 Å². The molecule has 0 aliphatic rings. The van der Waals surface area contributed by atoms with Gasteiger partial charge in [0.2, 0.25) is 0 Å². The summed E-state index contributed by atoms with van der Waals surface area (Å²) in [5.41, 5.74) is 0. The Kier molecular flexibility index (Phi) is 2.82. The number of hydrogen-bond acceptors (Lipinski definition) is 2. The molecule has 3 heteroatoms. The molecule has 0 spiro atoms. The van der Waals surface area contributed by atoms with Crippen molar-refractivity contribution in [1.29, 1.82) is 0 Å². The van der Waals surface area contributed by atoms with Crippen LogP contribution in [0.3, 0.4) is 0 Å². The molecule has 0 aromatic heterocycles. The highest BCUT2D eigenvalue weighted by molar-refractivity contribution is 9.10. The van der Waals surface area contributed by atoms with Gasteiger partial charge in [-0.15, -0.1) is 0 Å². The van der Waals surface area contributed by atoms with E-state index in [1.165, 1.54) is 0 Å². The summed E-state index contributed by atoms with van der Waals surface area (Å²) in [5, 5.41) is 2.18. The summed E-state index contributed by atoms with van der Waals surface area (Å²) in [6, 6.07) is 10.0. The van der Waals surface area contributed by atoms with Crippen molar-refractivity contribution in [1.82, 2.24) is 0 Å². The average Bonchev–Trinajstić information content (AvgIpc) is 2.27. The quantitative estimate of drug-likeness (QED) is 0.827. The summed E-state index contributed by atoms with van der Waals surface area (Å²) in [5.74, 6) is 1.53. The molecule has 0 aliphatic heterocycles. The molecule has 0 radical (unpaired) electrons. The first-order valence-corrected chi connectivity index (χ1v) is 5.36. The third kappa shape index (κ3) is 1.79. The summed E-state index contributed by atoms with van der Waals surface area (Å²) < 4.78 is 11.6. The van der Waals surface area contributed by atoms with Crippen molar-refractivity contribution in [3.63, 3.8) is 0 Å². The molecule has 0 saturated heterocycles. The van der Waals surface area contributed by atoms with E-state index in [-0.39, 0.29) is 0 Å². The molecular formula is C12H11BrO2. The van der Waals surface area contributed by atoms with Gasteiger partial charge in [0, 0.05) is 9.86 Å². The van der Waals surface area contributed by atoms with Crippen molar-refractivity contribution in [2.45, 2.75) is 0 Å². The zero-order valence-electron chi connectivity index (χ0n) is 8.58. The third-order valence-corrected chi connectivity index (χ3v) is 2.82. The molecule has 0 atom stereocenters. The van der Waals surface area contributed by atoms with Gasteiger partial charge in [-0.2, -0.15) is 0 Å². The number of halogens is 1. The molecule has 2 aromatic rings. The number of benzene rings is 2. The van der Waals surface area contributed by atoms with Crippen molar-refractivity contribution in [3.05, 3.63) is 34.8 Å². The normalized spacial score (nSPS) is 10.3. The van der Waals surface area contributed by atoms with Crippen molar-refractivity contribution in [2.75, 3.05) is 14.2 Å². The molecule has 0 unspecified atom stereocenters. The van der Waals surface area contributed by atoms with Gasteiger partial charge in [0.05, 0.1) is 14.2 Å². The Labute approximate surface area is 96.9 Å². The van der Waals surface area contributed by atoms with Crippen LogP contribution in [0.15, 0.2) is 34.8 Å². The van der Waals surface area contributed by atoms with Crippen molar-refractivity contribution < 1.29 is 9.47 Å². The molecule has 2 aromatic carbocycles. The maximum atomic E-state index is 5.36. The van der Waals surface area contributed by atoms with Crippen LogP contribution in [-0.2, 0) is 0 Å². The first-order valence-electron chi connectivity index (χ1n) is 4.56. The van der Waals surface area contributed by atoms with Crippen LogP contribution in [0.25, 0.3) is 10.8 Å². The minimum absolute atomic E-state index is 0.753. The highest BCUT2D eigenvalue weighted by Gasteiger charge is 2.08. The fourth-order valence-corrected chi connectivity index (χ4v) is 1.98. The second kappa shape index (κ2) is 4.11. The van der Waals surface area contributed by atoms with Gasteiger partial charge < -0.3 is 9.47 Å². The summed E-state index contributed by atoms with van der Waals surface area (Å²) in [4.78, 5) is 0. The summed E-state index contributed by atoms with van der Waals surface area (Å²) >= 11 is 3.45. The average molecular weight is 267 g/mol. The fourth-order valence-electron chi connectivity index (χ4n) is 1.62. The van der Waals surface area contributed by atoms with E-state index in [2.05, 4.69) is 15.9 Å². The number of rotatable bonds is 2. The van der Waals surface area contributed by atoms with Crippen LogP contribution in [-0.4, -0.2) is 14.2 Å². The van der Waals surface area contributed by atoms with Gasteiger partial charge in [-0.25, -0.2) is 0 Å². The van der Waals surface area contributed by atoms with Crippen LogP contribution >= 0.6 is 15.9 Å². The Morgan fingerprint density at radius 3 is 2.40 bits per heavy atom. The Balaban J connectivity index is 2.79. The van der Waals surface area contributed by atoms with Crippen LogP contribution in [0.2, 0.25) is 0 Å². The topological polar surface area (TPSA) is 18.5 Å². The first kappa shape index (κ1) is 10.3. The second-order valence-corrected chi connectivity index (χ2v) is 4.08. The van der Waals surface area contributed by atoms with Gasteiger partial charge in [0.1, 0.15) is 0 Å². The van der Waals surface area contributed by atoms with E-state index in [1.807, 2.05) is 30.3 Å². The van der Waals surface area contributed by atoms with Crippen molar-refractivity contribution >= 4 is 26.7 Å². The number of hydrogen-bond donors (Lipinski definition) is 0. The number of fused-ring (bicyclic) bond motifs is 1. The minimum Gasteiger partial charge on any atom is -0.493 e. The lowest BCUT2D eigenvalue weighted by atomic mass is 10.1. The molecule has 0 bridgehead atoms. The van der Waals surface area contributed by atoms with Crippen molar-refractivity contribution in [3.8, 4) is 11.5 Å². The van der Waals surface area contributed by atoms with Crippen LogP contribution < -0.4 is 9.47 Å². The smallest absolute Gasteiger partial charge is 0.168 e. The predicted octanol–water partition coefficient (Wildman–Crippen LogP) is 3.62. The lowest BCUT2D eigenvalue weighted by Gasteiger charge is -2.10. The van der Waals surface area contributed by atoms with E-state index in [9.17, 15) is 0 Å². The van der Waals surface area contributed by atoms with Gasteiger partial charge in [-0.05, 0) is 23.6 Å². The Hall–Kier alpha value is -1.22. The zero-order valence-corrected chi connectivity index (χ0v) is 10.2. The molecule has 0 amide bonds. The monoisotopic (exact) mass is 266 g/mol. The molecule has 0 aliphatic carbocycles. The Morgan fingerprint density at radius 2 is 1.73 bits per heavy atom. The summed E-state index contributed by atoms with van der Waals surface area (Å²) in [6.07, 6.45) is 0. The molecule has 15 heavy (non-hydrogen) atoms. The second-order valence-electron chi connectivity index (χ2n) is 3.17. The van der Waals surface area contributed by atoms with Gasteiger partial charge in [0.25, 0.3) is 0 Å². The van der Waals surface area contributed by atoms with E-state index in [0.29, 0.717) is 0 Å². The fraction of sp³-hybridized carbons (Fsp3) is 0.167. The summed E-state index contributed by atoms with van der Waals surface area (Å²) in [7, 11) is 3.29. The lowest BCUT2D eigenvalue weighted by molar-refractivity contribution is 0.358. The van der Waals surface area contributed by atoms with Gasteiger partial charge in [-0.1, -0.05) is 28.1 Å². The number of ether oxygens (including phenoxy) is 2. The predicted molar refractivity (Wildman–Crippen MR) is 64.8 cm³/mol. The molecular weight excluding hydrogens is 256 g/mol. The highest BCUT2D eigenvalue weighted by Crippen LogP contribution is 2.36. The zero-order chi connectivity index (χ0) is 10.8. The van der Waals surface area contributed by atoms with E-state index < -0.39 is 0 Å². The summed E-state index contributed by atoms with van der Waals surface area (Å²) in [6.45, 7) is 0. The molecule has 78 valence electrons. The van der Waals surface area contributed by atoms with Crippen molar-refractivity contribution in [2.24, 2.45) is 0 Å². The molecule has 2 rings (SSSR count). The highest BCUT2D eigenvalue weighted by atomic mass is 79.9. The minimum atomic E-state index is 0.753. The SMILES string of the molecule is COc1ccc2ccc(Br)cc2c1OC. The Bertz CT molecular complexity index is 494. The molecule has 2 nitrogen and oxygen atoms in total. The largest absolute Gasteiger partial charge is 0.493 e. The standard InChI is InChI=1S/C12H11BrO2/c1-14-11-6-4-8-3-5-9(13)7-10(8)12(11)15-2/h3-7H,1-2H3. The van der Waals surface area contributed by atoms with Gasteiger partial charge in [0.15, 0.2) is 11.5 Å². The molecule has 0 N–H and O–H groups in total. The third-order valence-electron chi connectivity index (χ3n) is 2.32. The van der Waals surface area contributed by atoms with E-state index in [4.69, 9.17) is 9.47 Å². The van der Waals surface area contributed by atoms with Crippen LogP contribution in [0, 0.1) is 0 Å². The molecule has 0 heterocycles. The molecule has 0 saturated carbocycles. The van der Waals surface area contributed by atoms with Gasteiger partial charge >= 0.3 is 0 Å². The van der Waals surface area contributed by atoms with Crippen LogP contribution in [0.1, 0.15) is 0 Å². The first-order chi connectivity index (χ1) is 7.26. The lowest BCUT2D eigenvalue weighted by Crippen LogP contribution is -1.91. The Morgan fingerprint density at radius 1 is 1.00 bits per heavy atom. The van der Waals surface area contributed by atoms with Gasteiger partial charge in [-0.3, -0.25) is 0 Å². The van der Waals surface area contributed by atoms with E-state index >= 15 is 0 Å². The van der Waals surface area contributed by atoms with E-state index in [1.54, 1.807) is 14.2 Å². The maximum Gasteiger partial charge on any atom is 0.168 e. The van der Waals surface area contributed by atoms with Crippen LogP contribution in [0.5, 0.6) is 11.5 Å². The number of methoxy groups -OCH3 is 2. The molecule has 0 fully saturated rings. The van der Waals surface area contributed by atoms with E-state index in [0.717, 1.165) is 26.7 Å².